The Morgan fingerprint density at radius 2 is 1.62 bits per heavy atom. The summed E-state index contributed by atoms with van der Waals surface area (Å²) >= 11 is 0. The predicted molar refractivity (Wildman–Crippen MR) is 104 cm³/mol. The van der Waals surface area contributed by atoms with Crippen molar-refractivity contribution >= 4 is 5.91 Å². The molecule has 1 aliphatic rings. The number of ether oxygens (including phenoxy) is 1. The molecule has 0 saturated carbocycles. The van der Waals surface area contributed by atoms with E-state index in [4.69, 9.17) is 4.74 Å². The van der Waals surface area contributed by atoms with Gasteiger partial charge in [0.1, 0.15) is 0 Å². The zero-order chi connectivity index (χ0) is 18.0. The van der Waals surface area contributed by atoms with Crippen LogP contribution in [0.5, 0.6) is 0 Å². The highest BCUT2D eigenvalue weighted by Crippen LogP contribution is 2.15. The Hall–Kier alpha value is -2.17. The molecule has 1 atom stereocenters. The van der Waals surface area contributed by atoms with E-state index in [1.807, 2.05) is 60.7 Å². The zero-order valence-corrected chi connectivity index (χ0v) is 15.3. The molecule has 0 aliphatic carbocycles. The minimum atomic E-state index is -0.148. The third-order valence-corrected chi connectivity index (χ3v) is 4.83. The molecule has 1 unspecified atom stereocenters. The number of hydrogen-bond acceptors (Lipinski definition) is 3. The molecule has 1 saturated heterocycles. The molecule has 0 aromatic heterocycles. The molecule has 2 aromatic carbocycles. The van der Waals surface area contributed by atoms with E-state index < -0.39 is 0 Å². The fourth-order valence-electron chi connectivity index (χ4n) is 3.32. The van der Waals surface area contributed by atoms with Crippen molar-refractivity contribution in [2.75, 3.05) is 32.8 Å². The first-order valence-electron chi connectivity index (χ1n) is 9.54. The zero-order valence-electron chi connectivity index (χ0n) is 15.3. The second-order valence-electron chi connectivity index (χ2n) is 6.78. The minimum absolute atomic E-state index is 0.0703. The van der Waals surface area contributed by atoms with Gasteiger partial charge in [-0.25, -0.2) is 0 Å². The maximum atomic E-state index is 12.5. The second kappa shape index (κ2) is 10.1. The van der Waals surface area contributed by atoms with Crippen LogP contribution in [-0.4, -0.2) is 43.7 Å². The number of benzene rings is 2. The number of amides is 1. The molecule has 4 heteroatoms. The Kier molecular flexibility index (Phi) is 7.23. The second-order valence-corrected chi connectivity index (χ2v) is 6.78. The van der Waals surface area contributed by atoms with Crippen LogP contribution in [0.25, 0.3) is 0 Å². The number of carbonyl (C=O) groups is 1. The normalized spacial score (nSPS) is 16.2. The topological polar surface area (TPSA) is 41.6 Å². The first-order chi connectivity index (χ1) is 12.8. The number of nitrogens with one attached hydrogen (secondary N) is 1. The third kappa shape index (κ3) is 5.68. The first-order valence-corrected chi connectivity index (χ1v) is 9.54. The fourth-order valence-corrected chi connectivity index (χ4v) is 3.32. The molecule has 138 valence electrons. The molecule has 1 aliphatic heterocycles. The lowest BCUT2D eigenvalue weighted by atomic mass is 10.1. The van der Waals surface area contributed by atoms with Gasteiger partial charge in [-0.05, 0) is 43.6 Å². The van der Waals surface area contributed by atoms with Crippen molar-refractivity contribution in [3.8, 4) is 0 Å². The number of nitrogens with zero attached hydrogens (tertiary/aromatic N) is 1. The summed E-state index contributed by atoms with van der Waals surface area (Å²) in [4.78, 5) is 15.0. The first kappa shape index (κ1) is 18.6. The molecule has 1 heterocycles. The summed E-state index contributed by atoms with van der Waals surface area (Å²) in [5, 5.41) is 3.11. The highest BCUT2D eigenvalue weighted by Gasteiger charge is 2.16. The summed E-state index contributed by atoms with van der Waals surface area (Å²) in [6.45, 7) is 4.50. The summed E-state index contributed by atoms with van der Waals surface area (Å²) in [5.74, 6) is -0.0703. The van der Waals surface area contributed by atoms with Crippen molar-refractivity contribution in [1.29, 1.82) is 0 Å². The van der Waals surface area contributed by atoms with E-state index in [1.165, 1.54) is 32.4 Å². The number of hydrogen-bond donors (Lipinski definition) is 1. The molecule has 4 nitrogen and oxygen atoms in total. The molecule has 0 radical (unpaired) electrons. The standard InChI is InChI=1S/C22H28N2O2/c25-22(20-12-6-2-7-13-20)23-21(19-10-4-1-5-11-19)18-26-17-16-24-14-8-3-9-15-24/h1-2,4-7,10-13,21H,3,8-9,14-18H2,(H,23,25). The Bertz CT molecular complexity index is 654. The van der Waals surface area contributed by atoms with E-state index in [9.17, 15) is 4.79 Å². The maximum absolute atomic E-state index is 12.5. The van der Waals surface area contributed by atoms with E-state index in [0.29, 0.717) is 18.8 Å². The summed E-state index contributed by atoms with van der Waals surface area (Å²) < 4.78 is 5.93. The van der Waals surface area contributed by atoms with Crippen molar-refractivity contribution in [3.63, 3.8) is 0 Å². The van der Waals surface area contributed by atoms with Crippen LogP contribution in [0.4, 0.5) is 0 Å². The Labute approximate surface area is 156 Å². The molecule has 0 bridgehead atoms. The summed E-state index contributed by atoms with van der Waals surface area (Å²) in [7, 11) is 0. The van der Waals surface area contributed by atoms with Gasteiger partial charge in [0.25, 0.3) is 5.91 Å². The Balaban J connectivity index is 1.54. The van der Waals surface area contributed by atoms with Crippen LogP contribution in [0, 0.1) is 0 Å². The van der Waals surface area contributed by atoms with Gasteiger partial charge in [-0.3, -0.25) is 4.79 Å². The highest BCUT2D eigenvalue weighted by atomic mass is 16.5. The number of likely N-dealkylation sites (tertiary alicyclic amines) is 1. The smallest absolute Gasteiger partial charge is 0.251 e. The van der Waals surface area contributed by atoms with Gasteiger partial charge in [0.2, 0.25) is 0 Å². The van der Waals surface area contributed by atoms with Crippen LogP contribution in [0.2, 0.25) is 0 Å². The van der Waals surface area contributed by atoms with Gasteiger partial charge in [0.15, 0.2) is 0 Å². The van der Waals surface area contributed by atoms with E-state index in [1.54, 1.807) is 0 Å². The summed E-state index contributed by atoms with van der Waals surface area (Å²) in [5.41, 5.74) is 1.73. The molecule has 0 spiro atoms. The van der Waals surface area contributed by atoms with Gasteiger partial charge < -0.3 is 15.0 Å². The molecule has 3 rings (SSSR count). The highest BCUT2D eigenvalue weighted by molar-refractivity contribution is 5.94. The van der Waals surface area contributed by atoms with Crippen molar-refractivity contribution in [3.05, 3.63) is 71.8 Å². The predicted octanol–water partition coefficient (Wildman–Crippen LogP) is 3.66. The van der Waals surface area contributed by atoms with Gasteiger partial charge in [-0.15, -0.1) is 0 Å². The molecule has 2 aromatic rings. The monoisotopic (exact) mass is 352 g/mol. The average molecular weight is 352 g/mol. The van der Waals surface area contributed by atoms with Crippen molar-refractivity contribution in [2.45, 2.75) is 25.3 Å². The number of piperidine rings is 1. The Morgan fingerprint density at radius 1 is 0.962 bits per heavy atom. The van der Waals surface area contributed by atoms with Gasteiger partial charge in [0.05, 0.1) is 19.3 Å². The van der Waals surface area contributed by atoms with E-state index >= 15 is 0 Å². The average Bonchev–Trinajstić information content (AvgIpc) is 2.72. The lowest BCUT2D eigenvalue weighted by molar-refractivity contribution is 0.0727. The van der Waals surface area contributed by atoms with Gasteiger partial charge in [-0.1, -0.05) is 55.0 Å². The number of carbonyl (C=O) groups excluding carboxylic acids is 1. The van der Waals surface area contributed by atoms with Gasteiger partial charge >= 0.3 is 0 Å². The van der Waals surface area contributed by atoms with Crippen LogP contribution in [-0.2, 0) is 4.74 Å². The van der Waals surface area contributed by atoms with Crippen molar-refractivity contribution in [1.82, 2.24) is 10.2 Å². The van der Waals surface area contributed by atoms with Crippen molar-refractivity contribution in [2.24, 2.45) is 0 Å². The molecule has 26 heavy (non-hydrogen) atoms. The molecule has 1 amide bonds. The SMILES string of the molecule is O=C(NC(COCCN1CCCCC1)c1ccccc1)c1ccccc1. The largest absolute Gasteiger partial charge is 0.378 e. The maximum Gasteiger partial charge on any atom is 0.251 e. The van der Waals surface area contributed by atoms with Crippen LogP contribution in [0.15, 0.2) is 60.7 Å². The molecular formula is C22H28N2O2. The van der Waals surface area contributed by atoms with E-state index in [-0.39, 0.29) is 11.9 Å². The number of rotatable bonds is 8. The summed E-state index contributed by atoms with van der Waals surface area (Å²) in [6, 6.07) is 19.2. The van der Waals surface area contributed by atoms with Gasteiger partial charge in [0, 0.05) is 12.1 Å². The van der Waals surface area contributed by atoms with E-state index in [0.717, 1.165) is 12.1 Å². The quantitative estimate of drug-likeness (QED) is 0.737. The van der Waals surface area contributed by atoms with Crippen LogP contribution in [0.3, 0.4) is 0 Å². The lowest BCUT2D eigenvalue weighted by Crippen LogP contribution is -2.34. The summed E-state index contributed by atoms with van der Waals surface area (Å²) in [6.07, 6.45) is 3.93. The van der Waals surface area contributed by atoms with Crippen LogP contribution >= 0.6 is 0 Å². The van der Waals surface area contributed by atoms with Crippen molar-refractivity contribution < 1.29 is 9.53 Å². The lowest BCUT2D eigenvalue weighted by Gasteiger charge is -2.26. The molecule has 1 fully saturated rings. The molecular weight excluding hydrogens is 324 g/mol. The van der Waals surface area contributed by atoms with Crippen LogP contribution in [0.1, 0.15) is 41.2 Å². The van der Waals surface area contributed by atoms with Gasteiger partial charge in [-0.2, -0.15) is 0 Å². The molecule has 1 N–H and O–H groups in total. The fraction of sp³-hybridized carbons (Fsp3) is 0.409. The third-order valence-electron chi connectivity index (χ3n) is 4.83. The van der Waals surface area contributed by atoms with Crippen LogP contribution < -0.4 is 5.32 Å². The Morgan fingerprint density at radius 3 is 2.31 bits per heavy atom. The van der Waals surface area contributed by atoms with E-state index in [2.05, 4.69) is 10.2 Å². The minimum Gasteiger partial charge on any atom is -0.378 e.